The van der Waals surface area contributed by atoms with E-state index in [1.807, 2.05) is 6.07 Å². The highest BCUT2D eigenvalue weighted by molar-refractivity contribution is 6.37. The molecule has 1 amide bonds. The summed E-state index contributed by atoms with van der Waals surface area (Å²) in [5, 5.41) is 20.0. The summed E-state index contributed by atoms with van der Waals surface area (Å²) in [6, 6.07) is 14.0. The number of benzene rings is 2. The van der Waals surface area contributed by atoms with Gasteiger partial charge in [0.25, 0.3) is 5.91 Å². The lowest BCUT2D eigenvalue weighted by Gasteiger charge is -2.23. The molecule has 1 atom stereocenters. The van der Waals surface area contributed by atoms with Crippen molar-refractivity contribution in [3.63, 3.8) is 0 Å². The van der Waals surface area contributed by atoms with Crippen LogP contribution >= 0.6 is 23.2 Å². The van der Waals surface area contributed by atoms with Gasteiger partial charge in [-0.1, -0.05) is 41.4 Å². The highest BCUT2D eigenvalue weighted by Gasteiger charge is 2.31. The van der Waals surface area contributed by atoms with Crippen LogP contribution in [0.1, 0.15) is 17.5 Å². The van der Waals surface area contributed by atoms with Gasteiger partial charge in [0.1, 0.15) is 0 Å². The number of aliphatic hydroxyl groups is 1. The number of halogens is 2. The van der Waals surface area contributed by atoms with Crippen LogP contribution in [0.3, 0.4) is 0 Å². The topological polar surface area (TPSA) is 76.7 Å². The second-order valence-corrected chi connectivity index (χ2v) is 6.23. The van der Waals surface area contributed by atoms with E-state index in [4.69, 9.17) is 28.5 Å². The third kappa shape index (κ3) is 3.38. The number of amides is 1. The van der Waals surface area contributed by atoms with E-state index in [9.17, 15) is 9.90 Å². The van der Waals surface area contributed by atoms with E-state index >= 15 is 0 Å². The molecule has 1 aliphatic heterocycles. The van der Waals surface area contributed by atoms with Gasteiger partial charge in [-0.05, 0) is 24.3 Å². The predicted molar refractivity (Wildman–Crippen MR) is 97.1 cm³/mol. The van der Waals surface area contributed by atoms with Gasteiger partial charge >= 0.3 is 0 Å². The number of nitrogens with zero attached hydrogens (tertiary/aromatic N) is 3. The second-order valence-electron chi connectivity index (χ2n) is 5.39. The van der Waals surface area contributed by atoms with Gasteiger partial charge in [-0.25, -0.2) is 4.99 Å². The highest BCUT2D eigenvalue weighted by Crippen LogP contribution is 2.32. The zero-order valence-corrected chi connectivity index (χ0v) is 14.5. The van der Waals surface area contributed by atoms with Crippen molar-refractivity contribution in [1.29, 1.82) is 5.26 Å². The smallest absolute Gasteiger partial charge is 0.278 e. The van der Waals surface area contributed by atoms with Crippen molar-refractivity contribution < 1.29 is 9.90 Å². The van der Waals surface area contributed by atoms with Crippen molar-refractivity contribution in [2.24, 2.45) is 4.99 Å². The molecule has 0 fully saturated rings. The number of benzodiazepines with no additional fused rings is 1. The van der Waals surface area contributed by atoms with Gasteiger partial charge in [0.05, 0.1) is 23.9 Å². The van der Waals surface area contributed by atoms with E-state index in [1.54, 1.807) is 42.5 Å². The first-order valence-electron chi connectivity index (χ1n) is 7.52. The molecule has 7 heteroatoms. The third-order valence-electron chi connectivity index (χ3n) is 3.82. The van der Waals surface area contributed by atoms with E-state index in [1.165, 1.54) is 4.90 Å². The minimum atomic E-state index is -1.59. The van der Waals surface area contributed by atoms with Crippen molar-refractivity contribution >= 4 is 40.5 Å². The van der Waals surface area contributed by atoms with Gasteiger partial charge in [0.2, 0.25) is 6.23 Å². The number of fused-ring (bicyclic) bond motifs is 1. The summed E-state index contributed by atoms with van der Waals surface area (Å²) in [6.07, 6.45) is -1.46. The van der Waals surface area contributed by atoms with Crippen molar-refractivity contribution in [3.05, 3.63) is 63.6 Å². The molecule has 25 heavy (non-hydrogen) atoms. The Bertz CT molecular complexity index is 905. The zero-order valence-electron chi connectivity index (χ0n) is 13.0. The first-order valence-corrected chi connectivity index (χ1v) is 8.27. The first kappa shape index (κ1) is 17.4. The van der Waals surface area contributed by atoms with Crippen molar-refractivity contribution in [3.8, 4) is 6.07 Å². The molecule has 1 aliphatic rings. The van der Waals surface area contributed by atoms with Gasteiger partial charge in [0.15, 0.2) is 0 Å². The molecule has 0 spiro atoms. The zero-order chi connectivity index (χ0) is 18.0. The monoisotopic (exact) mass is 373 g/mol. The van der Waals surface area contributed by atoms with Crippen LogP contribution in [0, 0.1) is 11.3 Å². The van der Waals surface area contributed by atoms with Crippen molar-refractivity contribution in [2.45, 2.75) is 12.6 Å². The van der Waals surface area contributed by atoms with E-state index in [0.717, 1.165) is 0 Å². The summed E-state index contributed by atoms with van der Waals surface area (Å²) in [7, 11) is 0. The summed E-state index contributed by atoms with van der Waals surface area (Å²) in [5.74, 6) is -0.596. The molecule has 0 saturated carbocycles. The summed E-state index contributed by atoms with van der Waals surface area (Å²) < 4.78 is 0. The number of anilines is 1. The molecule has 3 rings (SSSR count). The number of nitriles is 1. The van der Waals surface area contributed by atoms with Crippen LogP contribution < -0.4 is 4.90 Å². The quantitative estimate of drug-likeness (QED) is 0.895. The minimum absolute atomic E-state index is 0.127. The van der Waals surface area contributed by atoms with Crippen molar-refractivity contribution in [2.75, 3.05) is 11.4 Å². The molecule has 1 heterocycles. The molecular weight excluding hydrogens is 361 g/mol. The molecule has 0 radical (unpaired) electrons. The van der Waals surface area contributed by atoms with Crippen LogP contribution in [-0.4, -0.2) is 29.5 Å². The Labute approximate surface area is 154 Å². The molecule has 0 saturated heterocycles. The van der Waals surface area contributed by atoms with Gasteiger partial charge in [-0.2, -0.15) is 5.26 Å². The fourth-order valence-electron chi connectivity index (χ4n) is 2.70. The molecule has 126 valence electrons. The van der Waals surface area contributed by atoms with Crippen LogP contribution in [-0.2, 0) is 4.79 Å². The van der Waals surface area contributed by atoms with Gasteiger partial charge < -0.3 is 10.0 Å². The molecule has 2 aromatic carbocycles. The standard InChI is InChI=1S/C18H13Cl2N3O2/c19-11-6-7-15-13(10-11)16(12-4-1-2-5-14(12)20)22-17(24)18(25)23(15)9-3-8-21/h1-2,4-7,10,17,24H,3,9H2. The molecule has 2 aromatic rings. The number of hydrogen-bond acceptors (Lipinski definition) is 4. The fraction of sp³-hybridized carbons (Fsp3) is 0.167. The normalized spacial score (nSPS) is 16.7. The lowest BCUT2D eigenvalue weighted by molar-refractivity contribution is -0.126. The number of aliphatic imine (C=N–C) groups is 1. The second kappa shape index (κ2) is 7.24. The first-order chi connectivity index (χ1) is 12.0. The van der Waals surface area contributed by atoms with Gasteiger partial charge in [-0.15, -0.1) is 0 Å². The summed E-state index contributed by atoms with van der Waals surface area (Å²) >= 11 is 12.4. The molecular formula is C18H13Cl2N3O2. The maximum Gasteiger partial charge on any atom is 0.278 e. The van der Waals surface area contributed by atoms with Gasteiger partial charge in [0, 0.05) is 27.7 Å². The molecule has 0 bridgehead atoms. The van der Waals surface area contributed by atoms with Crippen molar-refractivity contribution in [1.82, 2.24) is 0 Å². The van der Waals surface area contributed by atoms with E-state index < -0.39 is 12.1 Å². The maximum atomic E-state index is 12.6. The fourth-order valence-corrected chi connectivity index (χ4v) is 3.10. The summed E-state index contributed by atoms with van der Waals surface area (Å²) in [5.41, 5.74) is 2.06. The number of carbonyl (C=O) groups is 1. The average Bonchev–Trinajstić information content (AvgIpc) is 2.70. The molecule has 1 unspecified atom stereocenters. The maximum absolute atomic E-state index is 12.6. The number of hydrogen-bond donors (Lipinski definition) is 1. The number of aliphatic hydroxyl groups excluding tert-OH is 1. The predicted octanol–water partition coefficient (Wildman–Crippen LogP) is 3.41. The summed E-state index contributed by atoms with van der Waals surface area (Å²) in [6.45, 7) is 0.145. The summed E-state index contributed by atoms with van der Waals surface area (Å²) in [4.78, 5) is 18.1. The largest absolute Gasteiger partial charge is 0.364 e. The SMILES string of the molecule is N#CCCN1C(=O)C(O)N=C(c2ccccc2Cl)c2cc(Cl)ccc21. The Morgan fingerprint density at radius 1 is 1.20 bits per heavy atom. The molecule has 0 aromatic heterocycles. The average molecular weight is 374 g/mol. The van der Waals surface area contributed by atoms with Crippen LogP contribution in [0.5, 0.6) is 0 Å². The Hall–Kier alpha value is -2.39. The molecule has 0 aliphatic carbocycles. The Balaban J connectivity index is 2.24. The van der Waals surface area contributed by atoms with Crippen LogP contribution in [0.4, 0.5) is 5.69 Å². The highest BCUT2D eigenvalue weighted by atomic mass is 35.5. The van der Waals surface area contributed by atoms with E-state index in [-0.39, 0.29) is 13.0 Å². The minimum Gasteiger partial charge on any atom is -0.364 e. The Morgan fingerprint density at radius 2 is 1.96 bits per heavy atom. The lowest BCUT2D eigenvalue weighted by atomic mass is 10.00. The Morgan fingerprint density at radius 3 is 2.68 bits per heavy atom. The van der Waals surface area contributed by atoms with Crippen LogP contribution in [0.15, 0.2) is 47.5 Å². The lowest BCUT2D eigenvalue weighted by Crippen LogP contribution is -2.38. The van der Waals surface area contributed by atoms with Crippen LogP contribution in [0.25, 0.3) is 0 Å². The van der Waals surface area contributed by atoms with E-state index in [0.29, 0.717) is 32.6 Å². The molecule has 1 N–H and O–H groups in total. The van der Waals surface area contributed by atoms with E-state index in [2.05, 4.69) is 4.99 Å². The third-order valence-corrected chi connectivity index (χ3v) is 4.38. The number of rotatable bonds is 3. The Kier molecular flexibility index (Phi) is 5.05. The number of carbonyl (C=O) groups excluding carboxylic acids is 1. The van der Waals surface area contributed by atoms with Gasteiger partial charge in [-0.3, -0.25) is 4.79 Å². The van der Waals surface area contributed by atoms with Crippen LogP contribution in [0.2, 0.25) is 10.0 Å². The molecule has 5 nitrogen and oxygen atoms in total.